The lowest BCUT2D eigenvalue weighted by atomic mass is 10.2. The summed E-state index contributed by atoms with van der Waals surface area (Å²) in [6, 6.07) is 1.86. The summed E-state index contributed by atoms with van der Waals surface area (Å²) in [4.78, 5) is 0. The molecule has 2 rings (SSSR count). The van der Waals surface area contributed by atoms with Crippen LogP contribution in [-0.4, -0.2) is 37.0 Å². The third-order valence-electron chi connectivity index (χ3n) is 2.55. The van der Waals surface area contributed by atoms with Gasteiger partial charge in [0, 0.05) is 25.6 Å². The molecule has 2 N–H and O–H groups in total. The van der Waals surface area contributed by atoms with Gasteiger partial charge in [0.05, 0.1) is 18.0 Å². The summed E-state index contributed by atoms with van der Waals surface area (Å²) in [5.74, 6) is 2.73. The Balaban J connectivity index is 2.08. The molecule has 7 heteroatoms. The smallest absolute Gasteiger partial charge is 0.234 e. The maximum absolute atomic E-state index is 11.7. The molecular weight excluding hydrogens is 240 g/mol. The summed E-state index contributed by atoms with van der Waals surface area (Å²) in [5.41, 5.74) is 0. The first-order valence-electron chi connectivity index (χ1n) is 5.30. The van der Waals surface area contributed by atoms with Crippen LogP contribution in [0.2, 0.25) is 0 Å². The zero-order chi connectivity index (χ0) is 12.3. The number of rotatable bonds is 5. The number of anilines is 1. The third kappa shape index (κ3) is 2.78. The van der Waals surface area contributed by atoms with Gasteiger partial charge in [-0.1, -0.05) is 0 Å². The highest BCUT2D eigenvalue weighted by atomic mass is 32.2. The van der Waals surface area contributed by atoms with E-state index >= 15 is 0 Å². The Labute approximate surface area is 100 Å². The van der Waals surface area contributed by atoms with Crippen LogP contribution in [0.3, 0.4) is 0 Å². The minimum atomic E-state index is -3.38. The van der Waals surface area contributed by atoms with Gasteiger partial charge in [0.2, 0.25) is 10.0 Å². The molecule has 0 bridgehead atoms. The Hall–Kier alpha value is -1.52. The van der Waals surface area contributed by atoms with Crippen molar-refractivity contribution in [1.82, 2.24) is 15.1 Å². The number of nitrogens with zero attached hydrogens (tertiary/aromatic N) is 2. The summed E-state index contributed by atoms with van der Waals surface area (Å²) < 4.78 is 27.5. The molecule has 0 unspecified atom stereocenters. The summed E-state index contributed by atoms with van der Waals surface area (Å²) >= 11 is 0. The lowest BCUT2D eigenvalue weighted by Crippen LogP contribution is -2.44. The predicted octanol–water partition coefficient (Wildman–Crippen LogP) is -0.208. The quantitative estimate of drug-likeness (QED) is 0.713. The van der Waals surface area contributed by atoms with E-state index in [1.807, 2.05) is 0 Å². The van der Waals surface area contributed by atoms with Crippen molar-refractivity contribution in [3.63, 3.8) is 0 Å². The molecule has 0 atom stereocenters. The summed E-state index contributed by atoms with van der Waals surface area (Å²) in [6.07, 6.45) is 6.83. The highest BCUT2D eigenvalue weighted by molar-refractivity contribution is 7.92. The standard InChI is InChI=1S/C10H14N4O2S/c1-2-3-6-17(15,16)13-10-4-5-12-14(10)9-7-11-8-9/h1,4-5,9,11,13H,3,6-8H2. The van der Waals surface area contributed by atoms with Gasteiger partial charge >= 0.3 is 0 Å². The van der Waals surface area contributed by atoms with Crippen molar-refractivity contribution in [2.24, 2.45) is 0 Å². The first-order chi connectivity index (χ1) is 8.12. The highest BCUT2D eigenvalue weighted by Crippen LogP contribution is 2.18. The first-order valence-corrected chi connectivity index (χ1v) is 6.96. The Morgan fingerprint density at radius 2 is 2.41 bits per heavy atom. The molecule has 92 valence electrons. The van der Waals surface area contributed by atoms with Crippen LogP contribution in [0, 0.1) is 12.3 Å². The molecule has 2 heterocycles. The van der Waals surface area contributed by atoms with E-state index in [9.17, 15) is 8.42 Å². The van der Waals surface area contributed by atoms with Gasteiger partial charge in [0.15, 0.2) is 0 Å². The lowest BCUT2D eigenvalue weighted by molar-refractivity contribution is 0.322. The van der Waals surface area contributed by atoms with Crippen molar-refractivity contribution in [3.8, 4) is 12.3 Å². The SMILES string of the molecule is C#CCCS(=O)(=O)Nc1ccnn1C1CNC1. The average molecular weight is 254 g/mol. The molecule has 0 amide bonds. The largest absolute Gasteiger partial charge is 0.312 e. The number of hydrogen-bond acceptors (Lipinski definition) is 4. The van der Waals surface area contributed by atoms with Crippen LogP contribution >= 0.6 is 0 Å². The van der Waals surface area contributed by atoms with Crippen molar-refractivity contribution in [2.75, 3.05) is 23.6 Å². The van der Waals surface area contributed by atoms with E-state index in [-0.39, 0.29) is 18.2 Å². The maximum atomic E-state index is 11.7. The maximum Gasteiger partial charge on any atom is 0.234 e. The van der Waals surface area contributed by atoms with Crippen LogP contribution in [0.1, 0.15) is 12.5 Å². The molecule has 6 nitrogen and oxygen atoms in total. The Morgan fingerprint density at radius 1 is 1.65 bits per heavy atom. The molecule has 1 aromatic rings. The van der Waals surface area contributed by atoms with Gasteiger partial charge < -0.3 is 5.32 Å². The van der Waals surface area contributed by atoms with Crippen LogP contribution < -0.4 is 10.0 Å². The highest BCUT2D eigenvalue weighted by Gasteiger charge is 2.23. The number of nitrogens with one attached hydrogen (secondary N) is 2. The molecular formula is C10H14N4O2S. The molecule has 0 aromatic carbocycles. The van der Waals surface area contributed by atoms with E-state index in [0.717, 1.165) is 13.1 Å². The molecule has 1 aliphatic rings. The topological polar surface area (TPSA) is 76.0 Å². The van der Waals surface area contributed by atoms with Gasteiger partial charge in [-0.05, 0) is 0 Å². The van der Waals surface area contributed by atoms with Crippen LogP contribution in [0.4, 0.5) is 5.82 Å². The van der Waals surface area contributed by atoms with Crippen molar-refractivity contribution in [3.05, 3.63) is 12.3 Å². The second-order valence-corrected chi connectivity index (χ2v) is 5.69. The Morgan fingerprint density at radius 3 is 3.00 bits per heavy atom. The second-order valence-electron chi connectivity index (χ2n) is 3.85. The number of aromatic nitrogens is 2. The van der Waals surface area contributed by atoms with Crippen molar-refractivity contribution >= 4 is 15.8 Å². The van der Waals surface area contributed by atoms with Gasteiger partial charge in [-0.3, -0.25) is 4.72 Å². The molecule has 0 spiro atoms. The first kappa shape index (κ1) is 12.0. The molecule has 0 radical (unpaired) electrons. The van der Waals surface area contributed by atoms with Crippen molar-refractivity contribution in [1.29, 1.82) is 0 Å². The van der Waals surface area contributed by atoms with Gasteiger partial charge in [-0.2, -0.15) is 5.10 Å². The molecule has 0 saturated carbocycles. The fraction of sp³-hybridized carbons (Fsp3) is 0.500. The summed E-state index contributed by atoms with van der Waals surface area (Å²) in [6.45, 7) is 1.61. The van der Waals surface area contributed by atoms with Crippen LogP contribution in [0.25, 0.3) is 0 Å². The molecule has 1 saturated heterocycles. The summed E-state index contributed by atoms with van der Waals surface area (Å²) in [5, 5.41) is 7.22. The zero-order valence-corrected chi connectivity index (χ0v) is 10.1. The van der Waals surface area contributed by atoms with Gasteiger partial charge in [0.1, 0.15) is 5.82 Å². The van der Waals surface area contributed by atoms with E-state index < -0.39 is 10.0 Å². The fourth-order valence-electron chi connectivity index (χ4n) is 1.54. The summed E-state index contributed by atoms with van der Waals surface area (Å²) in [7, 11) is -3.38. The normalized spacial score (nSPS) is 16.2. The van der Waals surface area contributed by atoms with Crippen molar-refractivity contribution < 1.29 is 8.42 Å². The molecule has 17 heavy (non-hydrogen) atoms. The van der Waals surface area contributed by atoms with E-state index in [1.165, 1.54) is 0 Å². The monoisotopic (exact) mass is 254 g/mol. The van der Waals surface area contributed by atoms with Crippen molar-refractivity contribution in [2.45, 2.75) is 12.5 Å². The fourth-order valence-corrected chi connectivity index (χ4v) is 2.50. The van der Waals surface area contributed by atoms with Gasteiger partial charge in [-0.25, -0.2) is 13.1 Å². The molecule has 1 aliphatic heterocycles. The third-order valence-corrected chi connectivity index (χ3v) is 3.81. The van der Waals surface area contributed by atoms with E-state index in [0.29, 0.717) is 5.82 Å². The van der Waals surface area contributed by atoms with Crippen LogP contribution in [-0.2, 0) is 10.0 Å². The predicted molar refractivity (Wildman–Crippen MR) is 65.0 cm³/mol. The minimum Gasteiger partial charge on any atom is -0.312 e. The van der Waals surface area contributed by atoms with E-state index in [1.54, 1.807) is 16.9 Å². The molecule has 1 aromatic heterocycles. The van der Waals surface area contributed by atoms with Gasteiger partial charge in [-0.15, -0.1) is 12.3 Å². The van der Waals surface area contributed by atoms with Gasteiger partial charge in [0.25, 0.3) is 0 Å². The number of sulfonamides is 1. The van der Waals surface area contributed by atoms with Crippen LogP contribution in [0.15, 0.2) is 12.3 Å². The minimum absolute atomic E-state index is 0.0718. The average Bonchev–Trinajstić information content (AvgIpc) is 2.60. The second kappa shape index (κ2) is 4.77. The Bertz CT molecular complexity index is 525. The molecule has 1 fully saturated rings. The zero-order valence-electron chi connectivity index (χ0n) is 9.26. The van der Waals surface area contributed by atoms with E-state index in [4.69, 9.17) is 6.42 Å². The number of terminal acetylenes is 1. The van der Waals surface area contributed by atoms with Crippen LogP contribution in [0.5, 0.6) is 0 Å². The lowest BCUT2D eigenvalue weighted by Gasteiger charge is -2.28. The Kier molecular flexibility index (Phi) is 3.36. The van der Waals surface area contributed by atoms with E-state index in [2.05, 4.69) is 21.1 Å². The molecule has 0 aliphatic carbocycles. The number of hydrogen-bond donors (Lipinski definition) is 2.